The third-order valence-corrected chi connectivity index (χ3v) is 5.33. The van der Waals surface area contributed by atoms with Crippen molar-refractivity contribution >= 4 is 17.5 Å². The highest BCUT2D eigenvalue weighted by molar-refractivity contribution is 6.30. The second-order valence-electron chi connectivity index (χ2n) is 7.14. The van der Waals surface area contributed by atoms with E-state index < -0.39 is 0 Å². The summed E-state index contributed by atoms with van der Waals surface area (Å²) >= 11 is 5.79. The van der Waals surface area contributed by atoms with Crippen LogP contribution in [0.3, 0.4) is 0 Å². The molecule has 0 spiro atoms. The van der Waals surface area contributed by atoms with Gasteiger partial charge >= 0.3 is 0 Å². The van der Waals surface area contributed by atoms with Crippen molar-refractivity contribution in [1.29, 1.82) is 0 Å². The lowest BCUT2D eigenvalue weighted by Crippen LogP contribution is -2.31. The minimum atomic E-state index is -0.290. The predicted octanol–water partition coefficient (Wildman–Crippen LogP) is 4.05. The summed E-state index contributed by atoms with van der Waals surface area (Å²) in [4.78, 5) is 14.7. The number of nitrogens with zero attached hydrogens (tertiary/aromatic N) is 1. The number of carbonyl (C=O) groups excluding carboxylic acids is 1. The predicted molar refractivity (Wildman–Crippen MR) is 110 cm³/mol. The van der Waals surface area contributed by atoms with Gasteiger partial charge in [0.25, 0.3) is 5.91 Å². The van der Waals surface area contributed by atoms with Gasteiger partial charge in [0.1, 0.15) is 5.75 Å². The number of phenolic OH excluding ortho intramolecular Hbond substituents is 1. The van der Waals surface area contributed by atoms with Gasteiger partial charge in [-0.2, -0.15) is 0 Å². The molecule has 2 aromatic carbocycles. The zero-order valence-electron chi connectivity index (χ0n) is 15.6. The van der Waals surface area contributed by atoms with Crippen molar-refractivity contribution in [3.8, 4) is 5.75 Å². The fourth-order valence-electron chi connectivity index (χ4n) is 3.46. The van der Waals surface area contributed by atoms with Gasteiger partial charge in [-0.1, -0.05) is 42.3 Å². The molecule has 0 unspecified atom stereocenters. The Bertz CT molecular complexity index is 755. The number of rotatable bonds is 7. The van der Waals surface area contributed by atoms with Gasteiger partial charge in [-0.15, -0.1) is 0 Å². The normalized spacial score (nSPS) is 14.9. The molecule has 0 atom stereocenters. The first kappa shape index (κ1) is 19.7. The highest BCUT2D eigenvalue weighted by Gasteiger charge is 2.11. The van der Waals surface area contributed by atoms with E-state index in [-0.39, 0.29) is 17.2 Å². The maximum Gasteiger partial charge on any atom is 0.255 e. The van der Waals surface area contributed by atoms with Gasteiger partial charge in [-0.3, -0.25) is 4.79 Å². The standard InChI is InChI=1S/C22H27ClN2O2/c23-19-8-9-20(21(26)16-19)22(27)24-12-10-17-4-6-18(7-5-17)11-15-25-13-2-1-3-14-25/h4-9,16,26H,1-3,10-15H2,(H,24,27). The van der Waals surface area contributed by atoms with Gasteiger partial charge in [-0.25, -0.2) is 0 Å². The molecular formula is C22H27ClN2O2. The van der Waals surface area contributed by atoms with Gasteiger partial charge in [0.05, 0.1) is 5.56 Å². The number of benzene rings is 2. The van der Waals surface area contributed by atoms with E-state index in [1.54, 1.807) is 6.07 Å². The van der Waals surface area contributed by atoms with E-state index in [0.717, 1.165) is 19.4 Å². The smallest absolute Gasteiger partial charge is 0.255 e. The van der Waals surface area contributed by atoms with Crippen molar-refractivity contribution in [3.05, 3.63) is 64.2 Å². The Morgan fingerprint density at radius 3 is 2.33 bits per heavy atom. The van der Waals surface area contributed by atoms with Gasteiger partial charge < -0.3 is 15.3 Å². The number of likely N-dealkylation sites (tertiary alicyclic amines) is 1. The molecule has 1 aliphatic rings. The van der Waals surface area contributed by atoms with Crippen molar-refractivity contribution in [1.82, 2.24) is 10.2 Å². The maximum absolute atomic E-state index is 12.1. The van der Waals surface area contributed by atoms with Gasteiger partial charge in [0.2, 0.25) is 0 Å². The summed E-state index contributed by atoms with van der Waals surface area (Å²) in [6.45, 7) is 4.13. The third-order valence-electron chi connectivity index (χ3n) is 5.09. The molecular weight excluding hydrogens is 360 g/mol. The van der Waals surface area contributed by atoms with Crippen LogP contribution in [0.4, 0.5) is 0 Å². The zero-order valence-corrected chi connectivity index (χ0v) is 16.3. The quantitative estimate of drug-likeness (QED) is 0.754. The molecule has 1 amide bonds. The lowest BCUT2D eigenvalue weighted by Gasteiger charge is -2.26. The van der Waals surface area contributed by atoms with E-state index in [2.05, 4.69) is 34.5 Å². The summed E-state index contributed by atoms with van der Waals surface area (Å²) in [5.41, 5.74) is 2.80. The molecule has 0 saturated carbocycles. The molecule has 1 aliphatic heterocycles. The lowest BCUT2D eigenvalue weighted by atomic mass is 10.1. The molecule has 0 radical (unpaired) electrons. The molecule has 3 rings (SSSR count). The van der Waals surface area contributed by atoms with Crippen LogP contribution in [0.2, 0.25) is 5.02 Å². The van der Waals surface area contributed by atoms with E-state index in [1.807, 2.05) is 0 Å². The molecule has 27 heavy (non-hydrogen) atoms. The van der Waals surface area contributed by atoms with Crippen molar-refractivity contribution < 1.29 is 9.90 Å². The Morgan fingerprint density at radius 2 is 1.67 bits per heavy atom. The van der Waals surface area contributed by atoms with Crippen LogP contribution >= 0.6 is 11.6 Å². The first-order chi connectivity index (χ1) is 13.1. The highest BCUT2D eigenvalue weighted by Crippen LogP contribution is 2.21. The molecule has 2 aromatic rings. The number of halogens is 1. The maximum atomic E-state index is 12.1. The molecule has 144 valence electrons. The summed E-state index contributed by atoms with van der Waals surface area (Å²) in [7, 11) is 0. The Labute approximate surface area is 166 Å². The number of hydrogen-bond acceptors (Lipinski definition) is 3. The highest BCUT2D eigenvalue weighted by atomic mass is 35.5. The summed E-state index contributed by atoms with van der Waals surface area (Å²) in [5, 5.41) is 13.1. The first-order valence-electron chi connectivity index (χ1n) is 9.69. The van der Waals surface area contributed by atoms with E-state index in [1.165, 1.54) is 55.6 Å². The molecule has 0 bridgehead atoms. The Morgan fingerprint density at radius 1 is 1.00 bits per heavy atom. The Hall–Kier alpha value is -2.04. The Balaban J connectivity index is 1.42. The zero-order chi connectivity index (χ0) is 19.1. The number of phenols is 1. The third kappa shape index (κ3) is 5.98. The van der Waals surface area contributed by atoms with Crippen LogP contribution in [0.1, 0.15) is 40.7 Å². The molecule has 4 nitrogen and oxygen atoms in total. The Kier molecular flexibility index (Phi) is 7.13. The number of nitrogens with one attached hydrogen (secondary N) is 1. The summed E-state index contributed by atoms with van der Waals surface area (Å²) in [5.74, 6) is -0.389. The topological polar surface area (TPSA) is 52.6 Å². The fraction of sp³-hybridized carbons (Fsp3) is 0.409. The second kappa shape index (κ2) is 9.77. The van der Waals surface area contributed by atoms with Crippen molar-refractivity contribution in [2.75, 3.05) is 26.2 Å². The first-order valence-corrected chi connectivity index (χ1v) is 10.1. The van der Waals surface area contributed by atoms with Gasteiger partial charge in [0, 0.05) is 18.1 Å². The van der Waals surface area contributed by atoms with Crippen LogP contribution < -0.4 is 5.32 Å². The molecule has 0 aromatic heterocycles. The minimum absolute atomic E-state index is 0.0990. The average Bonchev–Trinajstić information content (AvgIpc) is 2.68. The fourth-order valence-corrected chi connectivity index (χ4v) is 3.62. The van der Waals surface area contributed by atoms with Crippen molar-refractivity contribution in [2.45, 2.75) is 32.1 Å². The molecule has 0 aliphatic carbocycles. The van der Waals surface area contributed by atoms with E-state index in [9.17, 15) is 9.90 Å². The van der Waals surface area contributed by atoms with Gasteiger partial charge in [0.15, 0.2) is 0 Å². The van der Waals surface area contributed by atoms with E-state index in [4.69, 9.17) is 11.6 Å². The van der Waals surface area contributed by atoms with Crippen LogP contribution in [0.5, 0.6) is 5.75 Å². The average molecular weight is 387 g/mol. The summed E-state index contributed by atoms with van der Waals surface area (Å²) < 4.78 is 0. The second-order valence-corrected chi connectivity index (χ2v) is 7.57. The van der Waals surface area contributed by atoms with Crippen molar-refractivity contribution in [3.63, 3.8) is 0 Å². The summed E-state index contributed by atoms with van der Waals surface area (Å²) in [6.07, 6.45) is 5.88. The van der Waals surface area contributed by atoms with E-state index >= 15 is 0 Å². The molecule has 1 fully saturated rings. The lowest BCUT2D eigenvalue weighted by molar-refractivity contribution is 0.0951. The molecule has 1 saturated heterocycles. The number of carbonyl (C=O) groups is 1. The van der Waals surface area contributed by atoms with Crippen LogP contribution in [0.25, 0.3) is 0 Å². The van der Waals surface area contributed by atoms with E-state index in [0.29, 0.717) is 11.6 Å². The largest absolute Gasteiger partial charge is 0.507 e. The number of amides is 1. The molecule has 2 N–H and O–H groups in total. The molecule has 5 heteroatoms. The van der Waals surface area contributed by atoms with Crippen LogP contribution in [0.15, 0.2) is 42.5 Å². The number of piperidine rings is 1. The van der Waals surface area contributed by atoms with Gasteiger partial charge in [-0.05, 0) is 68.1 Å². The minimum Gasteiger partial charge on any atom is -0.507 e. The summed E-state index contributed by atoms with van der Waals surface area (Å²) in [6, 6.07) is 13.1. The number of hydrogen-bond donors (Lipinski definition) is 2. The monoisotopic (exact) mass is 386 g/mol. The van der Waals surface area contributed by atoms with Crippen LogP contribution in [0, 0.1) is 0 Å². The SMILES string of the molecule is O=C(NCCc1ccc(CCN2CCCCC2)cc1)c1ccc(Cl)cc1O. The molecule has 1 heterocycles. The van der Waals surface area contributed by atoms with Crippen LogP contribution in [-0.4, -0.2) is 42.1 Å². The van der Waals surface area contributed by atoms with Crippen molar-refractivity contribution in [2.24, 2.45) is 0 Å². The number of aromatic hydroxyl groups is 1. The van der Waals surface area contributed by atoms with Crippen LogP contribution in [-0.2, 0) is 12.8 Å².